The van der Waals surface area contributed by atoms with E-state index in [0.717, 1.165) is 34.3 Å². The van der Waals surface area contributed by atoms with Gasteiger partial charge < -0.3 is 0 Å². The molecule has 2 radical (unpaired) electrons. The van der Waals surface area contributed by atoms with Gasteiger partial charge in [-0.15, -0.1) is 0 Å². The molecule has 0 bridgehead atoms. The van der Waals surface area contributed by atoms with E-state index in [9.17, 15) is 0 Å². The maximum Gasteiger partial charge on any atom is 0.382 e. The summed E-state index contributed by atoms with van der Waals surface area (Å²) >= 11 is 0. The number of hydrogen-bond donors (Lipinski definition) is 0. The van der Waals surface area contributed by atoms with E-state index in [1.165, 1.54) is 0 Å². The molecule has 0 saturated carbocycles. The van der Waals surface area contributed by atoms with E-state index in [-0.39, 0.29) is 9.84 Å². The van der Waals surface area contributed by atoms with Crippen LogP contribution in [0.3, 0.4) is 0 Å². The van der Waals surface area contributed by atoms with Crippen molar-refractivity contribution in [3.63, 3.8) is 0 Å². The zero-order valence-corrected chi connectivity index (χ0v) is 22.8. The summed E-state index contributed by atoms with van der Waals surface area (Å²) in [4.78, 5) is 0. The molecule has 0 aromatic heterocycles. The van der Waals surface area contributed by atoms with Gasteiger partial charge in [0.25, 0.3) is 15.0 Å². The van der Waals surface area contributed by atoms with Crippen molar-refractivity contribution in [2.75, 3.05) is 0 Å². The molecule has 0 amide bonds. The molecule has 0 aromatic rings. The lowest BCUT2D eigenvalue weighted by Gasteiger charge is -2.14. The zero-order valence-electron chi connectivity index (χ0n) is 20.0. The molecule has 0 saturated heterocycles. The number of nitrogens with zero attached hydrogens (tertiary/aromatic N) is 8. The fourth-order valence-electron chi connectivity index (χ4n) is 2.02. The van der Waals surface area contributed by atoms with Crippen LogP contribution in [-0.2, 0) is 0 Å². The van der Waals surface area contributed by atoms with Crippen LogP contribution < -0.4 is 0 Å². The molecule has 0 atom stereocenters. The van der Waals surface area contributed by atoms with E-state index >= 15 is 0 Å². The van der Waals surface area contributed by atoms with E-state index in [2.05, 4.69) is 0 Å². The normalized spacial score (nSPS) is 10.9. The van der Waals surface area contributed by atoms with E-state index in [1.54, 1.807) is 0 Å². The van der Waals surface area contributed by atoms with Crippen LogP contribution in [0, 0.1) is 0 Å². The molecule has 0 rings (SSSR count). The van der Waals surface area contributed by atoms with Crippen molar-refractivity contribution in [2.45, 2.75) is 83.1 Å². The summed E-state index contributed by atoms with van der Waals surface area (Å²) in [6, 6.07) is 0. The Morgan fingerprint density at radius 3 is 0.690 bits per heavy atom. The molecule has 0 aliphatic heterocycles. The smallest absolute Gasteiger partial charge is 0.252 e. The Morgan fingerprint density at radius 2 is 0.552 bits per heavy atom. The van der Waals surface area contributed by atoms with E-state index in [0.29, 0.717) is 0 Å². The second kappa shape index (κ2) is 12.4. The van der Waals surface area contributed by atoms with Gasteiger partial charge in [0.2, 0.25) is 0 Å². The van der Waals surface area contributed by atoms with Gasteiger partial charge in [0.15, 0.2) is 0 Å². The minimum atomic E-state index is -2.67. The monoisotopic (exact) mass is 454 g/mol. The highest BCUT2D eigenvalue weighted by atomic mass is 31.2. The standard InChI is InChI=1S/C18H36N8P2Si/c1-13(2)19-27(20-14(3)4,21-15(5)6)25-29-26-28(22-16(7)8,23-17(9)10)24-18(11)12/h1-12H3. The van der Waals surface area contributed by atoms with E-state index in [4.69, 9.17) is 37.4 Å². The summed E-state index contributed by atoms with van der Waals surface area (Å²) in [6.45, 7) is 23.2. The van der Waals surface area contributed by atoms with Crippen molar-refractivity contribution in [2.24, 2.45) is 37.4 Å². The minimum Gasteiger partial charge on any atom is -0.252 e. The molecule has 0 aromatic carbocycles. The third-order valence-corrected chi connectivity index (χ3v) is 9.23. The van der Waals surface area contributed by atoms with Crippen LogP contribution in [0.5, 0.6) is 0 Å². The van der Waals surface area contributed by atoms with Crippen molar-refractivity contribution >= 4 is 59.1 Å². The fourth-order valence-corrected chi connectivity index (χ4v) is 8.06. The second-order valence-electron chi connectivity index (χ2n) is 7.66. The molecular weight excluding hydrogens is 418 g/mol. The van der Waals surface area contributed by atoms with Crippen molar-refractivity contribution in [3.05, 3.63) is 0 Å². The van der Waals surface area contributed by atoms with E-state index < -0.39 is 15.0 Å². The Kier molecular flexibility index (Phi) is 11.8. The Balaban J connectivity index is 6.96. The SMILES string of the molecule is CC(C)=NP(N=C(C)C)(N=C(C)C)=N[Si]N=P(N=C(C)C)(N=C(C)C)N=C(C)C. The molecule has 11 heteroatoms. The predicted molar refractivity (Wildman–Crippen MR) is 137 cm³/mol. The first-order chi connectivity index (χ1) is 13.2. The zero-order chi connectivity index (χ0) is 22.8. The number of rotatable bonds is 8. The summed E-state index contributed by atoms with van der Waals surface area (Å²) in [5.74, 6) is 0. The van der Waals surface area contributed by atoms with Crippen LogP contribution in [0.25, 0.3) is 0 Å². The van der Waals surface area contributed by atoms with Crippen LogP contribution >= 0.6 is 15.0 Å². The summed E-state index contributed by atoms with van der Waals surface area (Å²) in [7, 11) is -5.51. The highest BCUT2D eigenvalue weighted by Crippen LogP contribution is 2.57. The Labute approximate surface area is 179 Å². The van der Waals surface area contributed by atoms with Crippen LogP contribution in [0.1, 0.15) is 83.1 Å². The van der Waals surface area contributed by atoms with Gasteiger partial charge in [0.05, 0.1) is 0 Å². The van der Waals surface area contributed by atoms with Crippen molar-refractivity contribution in [1.29, 1.82) is 0 Å². The molecule has 0 N–H and O–H groups in total. The molecule has 29 heavy (non-hydrogen) atoms. The van der Waals surface area contributed by atoms with Crippen molar-refractivity contribution in [1.82, 2.24) is 0 Å². The van der Waals surface area contributed by atoms with Crippen molar-refractivity contribution in [3.8, 4) is 0 Å². The molecule has 0 heterocycles. The highest BCUT2D eigenvalue weighted by Gasteiger charge is 2.19. The van der Waals surface area contributed by atoms with E-state index in [1.807, 2.05) is 83.1 Å². The first-order valence-corrected chi connectivity index (χ1v) is 13.5. The molecule has 8 nitrogen and oxygen atoms in total. The lowest BCUT2D eigenvalue weighted by atomic mass is 10.5. The molecule has 162 valence electrons. The third-order valence-electron chi connectivity index (χ3n) is 2.36. The second-order valence-corrected chi connectivity index (χ2v) is 12.8. The minimum absolute atomic E-state index is 0.162. The fraction of sp³-hybridized carbons (Fsp3) is 0.667. The topological polar surface area (TPSA) is 98.9 Å². The Morgan fingerprint density at radius 1 is 0.379 bits per heavy atom. The summed E-state index contributed by atoms with van der Waals surface area (Å²) in [6.07, 6.45) is 0. The quantitative estimate of drug-likeness (QED) is 0.209. The van der Waals surface area contributed by atoms with Gasteiger partial charge in [-0.2, -0.15) is 0 Å². The van der Waals surface area contributed by atoms with Crippen LogP contribution in [-0.4, -0.2) is 44.1 Å². The van der Waals surface area contributed by atoms with Gasteiger partial charge in [-0.3, -0.25) is 8.82 Å². The number of hydrogen-bond acceptors (Lipinski definition) is 2. The highest BCUT2D eigenvalue weighted by molar-refractivity contribution is 7.65. The lowest BCUT2D eigenvalue weighted by Crippen LogP contribution is -1.93. The van der Waals surface area contributed by atoms with Crippen LogP contribution in [0.4, 0.5) is 0 Å². The molecular formula is C18H36N8P2Si. The molecule has 0 unspecified atom stereocenters. The predicted octanol–water partition coefficient (Wildman–Crippen LogP) is 7.30. The van der Waals surface area contributed by atoms with Gasteiger partial charge in [-0.1, -0.05) is 0 Å². The summed E-state index contributed by atoms with van der Waals surface area (Å²) in [5.41, 5.74) is 5.31. The molecule has 0 fully saturated rings. The molecule has 0 aliphatic rings. The average molecular weight is 455 g/mol. The van der Waals surface area contributed by atoms with Gasteiger partial charge in [0.1, 0.15) is 0 Å². The van der Waals surface area contributed by atoms with Gasteiger partial charge in [-0.05, 0) is 83.1 Å². The third kappa shape index (κ3) is 12.1. The average Bonchev–Trinajstić information content (AvgIpc) is 2.41. The maximum atomic E-state index is 4.81. The summed E-state index contributed by atoms with van der Waals surface area (Å²) in [5, 5.41) is 0. The largest absolute Gasteiger partial charge is 0.382 e. The van der Waals surface area contributed by atoms with Crippen molar-refractivity contribution < 1.29 is 0 Å². The van der Waals surface area contributed by atoms with Gasteiger partial charge in [0, 0.05) is 34.3 Å². The Bertz CT molecular complexity index is 691. The molecule has 0 spiro atoms. The maximum absolute atomic E-state index is 4.81. The van der Waals surface area contributed by atoms with Crippen LogP contribution in [0.2, 0.25) is 0 Å². The van der Waals surface area contributed by atoms with Gasteiger partial charge in [-0.25, -0.2) is 28.6 Å². The van der Waals surface area contributed by atoms with Gasteiger partial charge >= 0.3 is 9.84 Å². The molecule has 0 aliphatic carbocycles. The first kappa shape index (κ1) is 27.7. The first-order valence-electron chi connectivity index (χ1n) is 9.39. The van der Waals surface area contributed by atoms with Crippen LogP contribution in [0.15, 0.2) is 37.4 Å². The summed E-state index contributed by atoms with van der Waals surface area (Å²) < 4.78 is 38.0. The Hall–Kier alpha value is -1.30. The lowest BCUT2D eigenvalue weighted by molar-refractivity contribution is 1.46.